The van der Waals surface area contributed by atoms with E-state index in [2.05, 4.69) is 4.98 Å². The molecule has 26 heavy (non-hydrogen) atoms. The lowest BCUT2D eigenvalue weighted by Gasteiger charge is -2.06. The lowest BCUT2D eigenvalue weighted by Crippen LogP contribution is -2.15. The summed E-state index contributed by atoms with van der Waals surface area (Å²) in [6, 6.07) is 13.6. The Hall–Kier alpha value is -2.76. The molecule has 0 aliphatic carbocycles. The third kappa shape index (κ3) is 2.18. The van der Waals surface area contributed by atoms with E-state index in [9.17, 15) is 4.79 Å². The van der Waals surface area contributed by atoms with Gasteiger partial charge in [0.15, 0.2) is 4.96 Å². The van der Waals surface area contributed by atoms with Crippen LogP contribution >= 0.6 is 22.9 Å². The first kappa shape index (κ1) is 15.5. The molecule has 0 aliphatic rings. The van der Waals surface area contributed by atoms with Crippen LogP contribution < -0.4 is 5.56 Å². The van der Waals surface area contributed by atoms with E-state index in [4.69, 9.17) is 16.6 Å². The predicted molar refractivity (Wildman–Crippen MR) is 107 cm³/mol. The van der Waals surface area contributed by atoms with E-state index in [1.807, 2.05) is 48.7 Å². The molecule has 0 unspecified atom stereocenters. The monoisotopic (exact) mass is 377 g/mol. The number of fused-ring (bicyclic) bond motifs is 4. The number of benzene rings is 2. The fourth-order valence-corrected chi connectivity index (χ4v) is 4.29. The Kier molecular flexibility index (Phi) is 3.35. The first-order valence-corrected chi connectivity index (χ1v) is 9.33. The summed E-state index contributed by atoms with van der Waals surface area (Å²) in [7, 11) is 0. The minimum atomic E-state index is -0.115. The van der Waals surface area contributed by atoms with Gasteiger partial charge in [-0.2, -0.15) is 0 Å². The molecule has 5 rings (SSSR count). The zero-order valence-corrected chi connectivity index (χ0v) is 15.3. The molecule has 0 saturated heterocycles. The average molecular weight is 378 g/mol. The van der Waals surface area contributed by atoms with E-state index in [-0.39, 0.29) is 5.56 Å². The number of pyridine rings is 1. The molecule has 6 heteroatoms. The second kappa shape index (κ2) is 5.62. The van der Waals surface area contributed by atoms with Crippen molar-refractivity contribution in [3.05, 3.63) is 75.0 Å². The Morgan fingerprint density at radius 2 is 1.85 bits per heavy atom. The molecule has 0 radical (unpaired) electrons. The van der Waals surface area contributed by atoms with E-state index < -0.39 is 0 Å². The van der Waals surface area contributed by atoms with Crippen molar-refractivity contribution >= 4 is 49.7 Å². The molecule has 0 N–H and O–H groups in total. The number of aryl methyl sites for hydroxylation is 1. The van der Waals surface area contributed by atoms with Gasteiger partial charge in [0.2, 0.25) is 0 Å². The van der Waals surface area contributed by atoms with Crippen LogP contribution in [0.3, 0.4) is 0 Å². The minimum Gasteiger partial charge on any atom is -0.268 e. The van der Waals surface area contributed by atoms with E-state index in [0.29, 0.717) is 26.4 Å². The zero-order chi connectivity index (χ0) is 17.8. The summed E-state index contributed by atoms with van der Waals surface area (Å²) in [6.45, 7) is 2.04. The van der Waals surface area contributed by atoms with Crippen molar-refractivity contribution in [2.75, 3.05) is 0 Å². The fourth-order valence-electron chi connectivity index (χ4n) is 3.18. The van der Waals surface area contributed by atoms with Gasteiger partial charge in [0.25, 0.3) is 5.56 Å². The molecule has 0 fully saturated rings. The maximum absolute atomic E-state index is 13.2. The molecule has 3 aromatic heterocycles. The van der Waals surface area contributed by atoms with Gasteiger partial charge >= 0.3 is 0 Å². The molecule has 0 aliphatic heterocycles. The van der Waals surface area contributed by atoms with Gasteiger partial charge in [-0.15, -0.1) is 11.3 Å². The van der Waals surface area contributed by atoms with Gasteiger partial charge in [-0.05, 0) is 18.6 Å². The number of aromatic nitrogens is 3. The van der Waals surface area contributed by atoms with Crippen LogP contribution in [-0.2, 0) is 0 Å². The molecule has 5 aromatic rings. The maximum atomic E-state index is 13.2. The van der Waals surface area contributed by atoms with Gasteiger partial charge in [0.05, 0.1) is 27.1 Å². The highest BCUT2D eigenvalue weighted by atomic mass is 35.5. The molecule has 2 aromatic carbocycles. The lowest BCUT2D eigenvalue weighted by molar-refractivity contribution is 1.12. The standard InChI is InChI=1S/C20H12ClN3OS/c1-11-5-7-12(8-6-11)16-10-26-20-23-17-13-3-2-4-15(21)18(13)22-9-14(17)19(25)24(16)20/h2-10H,1H3. The second-order valence-corrected chi connectivity index (χ2v) is 7.42. The van der Waals surface area contributed by atoms with E-state index in [1.165, 1.54) is 16.9 Å². The second-order valence-electron chi connectivity index (χ2n) is 6.18. The lowest BCUT2D eigenvalue weighted by atomic mass is 10.1. The van der Waals surface area contributed by atoms with E-state index >= 15 is 0 Å². The molecule has 0 saturated carbocycles. The number of rotatable bonds is 1. The Labute approximate surface area is 157 Å². The summed E-state index contributed by atoms with van der Waals surface area (Å²) in [5, 5.41) is 3.80. The van der Waals surface area contributed by atoms with Gasteiger partial charge in [0.1, 0.15) is 0 Å². The van der Waals surface area contributed by atoms with Crippen molar-refractivity contribution in [2.45, 2.75) is 6.92 Å². The molecule has 0 atom stereocenters. The SMILES string of the molecule is Cc1ccc(-c2csc3nc4c(cnc5c(Cl)cccc54)c(=O)n23)cc1. The van der Waals surface area contributed by atoms with Crippen LogP contribution in [0.4, 0.5) is 0 Å². The summed E-state index contributed by atoms with van der Waals surface area (Å²) in [6.07, 6.45) is 1.57. The van der Waals surface area contributed by atoms with Crippen LogP contribution in [0.2, 0.25) is 5.02 Å². The average Bonchev–Trinajstić information content (AvgIpc) is 3.07. The summed E-state index contributed by atoms with van der Waals surface area (Å²) in [5.74, 6) is 0. The molecule has 3 heterocycles. The van der Waals surface area contributed by atoms with Crippen molar-refractivity contribution in [1.82, 2.24) is 14.4 Å². The fraction of sp³-hybridized carbons (Fsp3) is 0.0500. The number of hydrogen-bond acceptors (Lipinski definition) is 4. The van der Waals surface area contributed by atoms with Crippen LogP contribution in [0.15, 0.2) is 58.8 Å². The molecular formula is C20H12ClN3OS. The number of halogens is 1. The van der Waals surface area contributed by atoms with Gasteiger partial charge in [-0.3, -0.25) is 14.2 Å². The summed E-state index contributed by atoms with van der Waals surface area (Å²) in [5.41, 5.74) is 4.19. The summed E-state index contributed by atoms with van der Waals surface area (Å²) in [4.78, 5) is 23.0. The summed E-state index contributed by atoms with van der Waals surface area (Å²) < 4.78 is 1.66. The van der Waals surface area contributed by atoms with Crippen molar-refractivity contribution in [3.63, 3.8) is 0 Å². The van der Waals surface area contributed by atoms with E-state index in [0.717, 1.165) is 16.6 Å². The van der Waals surface area contributed by atoms with Crippen LogP contribution in [-0.4, -0.2) is 14.4 Å². The van der Waals surface area contributed by atoms with Crippen LogP contribution in [0.5, 0.6) is 0 Å². The topological polar surface area (TPSA) is 47.3 Å². The van der Waals surface area contributed by atoms with Crippen LogP contribution in [0, 0.1) is 6.92 Å². The first-order valence-electron chi connectivity index (χ1n) is 8.08. The highest BCUT2D eigenvalue weighted by molar-refractivity contribution is 7.15. The van der Waals surface area contributed by atoms with E-state index in [1.54, 1.807) is 16.7 Å². The largest absolute Gasteiger partial charge is 0.268 e. The Bertz CT molecular complexity index is 1370. The third-order valence-electron chi connectivity index (χ3n) is 4.52. The highest BCUT2D eigenvalue weighted by Crippen LogP contribution is 2.29. The van der Waals surface area contributed by atoms with Crippen LogP contribution in [0.25, 0.3) is 38.0 Å². The molecule has 126 valence electrons. The molecule has 4 nitrogen and oxygen atoms in total. The quantitative estimate of drug-likeness (QED) is 0.382. The summed E-state index contributed by atoms with van der Waals surface area (Å²) >= 11 is 7.69. The Morgan fingerprint density at radius 3 is 2.65 bits per heavy atom. The number of thiazole rings is 1. The van der Waals surface area contributed by atoms with Crippen molar-refractivity contribution in [2.24, 2.45) is 0 Å². The van der Waals surface area contributed by atoms with Crippen LogP contribution in [0.1, 0.15) is 5.56 Å². The number of nitrogens with zero attached hydrogens (tertiary/aromatic N) is 3. The van der Waals surface area contributed by atoms with Crippen molar-refractivity contribution in [1.29, 1.82) is 0 Å². The van der Waals surface area contributed by atoms with Crippen molar-refractivity contribution in [3.8, 4) is 11.3 Å². The Morgan fingerprint density at radius 1 is 1.04 bits per heavy atom. The Balaban J connectivity index is 1.90. The highest BCUT2D eigenvalue weighted by Gasteiger charge is 2.15. The normalized spacial score (nSPS) is 11.6. The smallest absolute Gasteiger partial charge is 0.268 e. The van der Waals surface area contributed by atoms with Gasteiger partial charge in [0, 0.05) is 17.0 Å². The predicted octanol–water partition coefficient (Wildman–Crippen LogP) is 5.09. The molecule has 0 spiro atoms. The van der Waals surface area contributed by atoms with Gasteiger partial charge < -0.3 is 0 Å². The minimum absolute atomic E-state index is 0.115. The molecule has 0 amide bonds. The number of hydrogen-bond donors (Lipinski definition) is 0. The third-order valence-corrected chi connectivity index (χ3v) is 5.65. The molecule has 0 bridgehead atoms. The first-order chi connectivity index (χ1) is 12.6. The van der Waals surface area contributed by atoms with Gasteiger partial charge in [-0.1, -0.05) is 53.6 Å². The van der Waals surface area contributed by atoms with Crippen molar-refractivity contribution < 1.29 is 0 Å². The maximum Gasteiger partial charge on any atom is 0.268 e. The van der Waals surface area contributed by atoms with Gasteiger partial charge in [-0.25, -0.2) is 4.98 Å². The molecular weight excluding hydrogens is 366 g/mol. The zero-order valence-electron chi connectivity index (χ0n) is 13.7. The number of para-hydroxylation sites is 1.